The fourth-order valence-electron chi connectivity index (χ4n) is 4.88. The number of carboxylic acids is 1. The third-order valence-electron chi connectivity index (χ3n) is 6.50. The zero-order valence-electron chi connectivity index (χ0n) is 18.0. The van der Waals surface area contributed by atoms with Crippen LogP contribution in [0.5, 0.6) is 0 Å². The van der Waals surface area contributed by atoms with Crippen molar-refractivity contribution in [3.8, 4) is 0 Å². The topological polar surface area (TPSA) is 58.4 Å². The third-order valence-corrected chi connectivity index (χ3v) is 6.50. The van der Waals surface area contributed by atoms with Crippen LogP contribution in [-0.2, 0) is 13.1 Å². The van der Waals surface area contributed by atoms with Crippen molar-refractivity contribution in [1.29, 1.82) is 0 Å². The van der Waals surface area contributed by atoms with Crippen molar-refractivity contribution in [3.05, 3.63) is 102 Å². The zero-order valence-corrected chi connectivity index (χ0v) is 18.0. The molecule has 3 heterocycles. The minimum absolute atomic E-state index is 0.360. The minimum Gasteiger partial charge on any atom is -0.478 e. The number of carbonyl (C=O) groups is 1. The van der Waals surface area contributed by atoms with Crippen LogP contribution < -0.4 is 0 Å². The van der Waals surface area contributed by atoms with Crippen LogP contribution in [0.4, 0.5) is 0 Å². The van der Waals surface area contributed by atoms with Gasteiger partial charge < -0.3 is 9.67 Å². The maximum Gasteiger partial charge on any atom is 0.335 e. The number of para-hydroxylation sites is 1. The molecule has 0 spiro atoms. The lowest BCUT2D eigenvalue weighted by Gasteiger charge is -2.32. The van der Waals surface area contributed by atoms with Crippen molar-refractivity contribution in [3.63, 3.8) is 0 Å². The summed E-state index contributed by atoms with van der Waals surface area (Å²) in [4.78, 5) is 18.0. The van der Waals surface area contributed by atoms with E-state index in [4.69, 9.17) is 0 Å². The summed E-state index contributed by atoms with van der Waals surface area (Å²) in [5.41, 5.74) is 5.35. The molecule has 162 valence electrons. The number of piperidine rings is 1. The molecule has 0 unspecified atom stereocenters. The second-order valence-electron chi connectivity index (χ2n) is 8.65. The number of hydrogen-bond donors (Lipinski definition) is 1. The average molecular weight is 426 g/mol. The Morgan fingerprint density at radius 3 is 2.56 bits per heavy atom. The first-order valence-electron chi connectivity index (χ1n) is 11.2. The normalized spacial score (nSPS) is 15.2. The molecular formula is C27H27N3O2. The number of rotatable bonds is 6. The van der Waals surface area contributed by atoms with Gasteiger partial charge in [-0.05, 0) is 72.8 Å². The number of aromatic nitrogens is 2. The maximum atomic E-state index is 11.3. The van der Waals surface area contributed by atoms with E-state index in [1.807, 2.05) is 30.6 Å². The SMILES string of the molecule is O=C(O)c1cccc(CN2CCC(c3cn(Cc4cccnc4)c4ccccc34)CC2)c1. The largest absolute Gasteiger partial charge is 0.478 e. The van der Waals surface area contributed by atoms with Crippen LogP contribution in [0.3, 0.4) is 0 Å². The molecule has 1 saturated heterocycles. The van der Waals surface area contributed by atoms with E-state index in [-0.39, 0.29) is 0 Å². The Hall–Kier alpha value is -3.44. The molecule has 0 bridgehead atoms. The lowest BCUT2D eigenvalue weighted by Crippen LogP contribution is -2.32. The monoisotopic (exact) mass is 425 g/mol. The summed E-state index contributed by atoms with van der Waals surface area (Å²) in [6, 6.07) is 20.1. The van der Waals surface area contributed by atoms with Crippen molar-refractivity contribution < 1.29 is 9.90 Å². The molecule has 5 heteroatoms. The average Bonchev–Trinajstić information content (AvgIpc) is 3.19. The fourth-order valence-corrected chi connectivity index (χ4v) is 4.88. The Labute approximate surface area is 187 Å². The Morgan fingerprint density at radius 2 is 1.78 bits per heavy atom. The summed E-state index contributed by atoms with van der Waals surface area (Å²) in [5.74, 6) is -0.329. The van der Waals surface area contributed by atoms with E-state index in [0.717, 1.165) is 44.6 Å². The van der Waals surface area contributed by atoms with Crippen LogP contribution in [0.1, 0.15) is 45.8 Å². The highest BCUT2D eigenvalue weighted by molar-refractivity contribution is 5.87. The first-order chi connectivity index (χ1) is 15.7. The fraction of sp³-hybridized carbons (Fsp3) is 0.259. The van der Waals surface area contributed by atoms with Gasteiger partial charge in [0.15, 0.2) is 0 Å². The van der Waals surface area contributed by atoms with Gasteiger partial charge in [0.1, 0.15) is 0 Å². The standard InChI is InChI=1S/C27H27N3O2/c31-27(32)23-7-3-5-20(15-23)17-29-13-10-22(11-14-29)25-19-30(18-21-6-4-12-28-16-21)26-9-2-1-8-24(25)26/h1-9,12,15-16,19,22H,10-11,13-14,17-18H2,(H,31,32). The maximum absolute atomic E-state index is 11.3. The van der Waals surface area contributed by atoms with Gasteiger partial charge in [0.05, 0.1) is 5.56 Å². The quantitative estimate of drug-likeness (QED) is 0.463. The van der Waals surface area contributed by atoms with E-state index in [1.54, 1.807) is 12.1 Å². The lowest BCUT2D eigenvalue weighted by molar-refractivity contribution is 0.0696. The number of pyridine rings is 1. The van der Waals surface area contributed by atoms with Crippen molar-refractivity contribution in [2.24, 2.45) is 0 Å². The molecule has 5 rings (SSSR count). The second kappa shape index (κ2) is 8.97. The first kappa shape index (κ1) is 20.5. The summed E-state index contributed by atoms with van der Waals surface area (Å²) < 4.78 is 2.35. The van der Waals surface area contributed by atoms with Crippen molar-refractivity contribution in [2.45, 2.75) is 31.8 Å². The van der Waals surface area contributed by atoms with Gasteiger partial charge in [0.25, 0.3) is 0 Å². The van der Waals surface area contributed by atoms with Gasteiger partial charge in [-0.2, -0.15) is 0 Å². The number of likely N-dealkylation sites (tertiary alicyclic amines) is 1. The van der Waals surface area contributed by atoms with Crippen LogP contribution >= 0.6 is 0 Å². The molecule has 0 radical (unpaired) electrons. The van der Waals surface area contributed by atoms with Gasteiger partial charge in [0, 0.05) is 42.6 Å². The van der Waals surface area contributed by atoms with Crippen LogP contribution in [-0.4, -0.2) is 38.6 Å². The van der Waals surface area contributed by atoms with Gasteiger partial charge in [-0.25, -0.2) is 4.79 Å². The third kappa shape index (κ3) is 4.30. The number of nitrogens with zero attached hydrogens (tertiary/aromatic N) is 3. The lowest BCUT2D eigenvalue weighted by atomic mass is 9.89. The van der Waals surface area contributed by atoms with E-state index in [9.17, 15) is 9.90 Å². The van der Waals surface area contributed by atoms with E-state index in [1.165, 1.54) is 22.0 Å². The molecule has 0 atom stereocenters. The summed E-state index contributed by atoms with van der Waals surface area (Å²) in [6.07, 6.45) is 8.31. The second-order valence-corrected chi connectivity index (χ2v) is 8.65. The van der Waals surface area contributed by atoms with E-state index in [2.05, 4.69) is 51.0 Å². The van der Waals surface area contributed by atoms with Gasteiger partial charge in [-0.3, -0.25) is 9.88 Å². The molecule has 4 aromatic rings. The number of hydrogen-bond acceptors (Lipinski definition) is 3. The van der Waals surface area contributed by atoms with Gasteiger partial charge in [-0.15, -0.1) is 0 Å². The molecule has 0 saturated carbocycles. The Morgan fingerprint density at radius 1 is 0.969 bits per heavy atom. The highest BCUT2D eigenvalue weighted by Gasteiger charge is 2.24. The number of carboxylic acid groups (broad SMARTS) is 1. The Balaban J connectivity index is 1.31. The smallest absolute Gasteiger partial charge is 0.335 e. The summed E-state index contributed by atoms with van der Waals surface area (Å²) in [5, 5.41) is 10.6. The number of benzene rings is 2. The highest BCUT2D eigenvalue weighted by Crippen LogP contribution is 2.35. The van der Waals surface area contributed by atoms with Crippen molar-refractivity contribution >= 4 is 16.9 Å². The predicted octanol–water partition coefficient (Wildman–Crippen LogP) is 5.16. The van der Waals surface area contributed by atoms with Crippen LogP contribution in [0.15, 0.2) is 79.3 Å². The van der Waals surface area contributed by atoms with Crippen LogP contribution in [0.25, 0.3) is 10.9 Å². The van der Waals surface area contributed by atoms with Gasteiger partial charge in [0.2, 0.25) is 0 Å². The molecular weight excluding hydrogens is 398 g/mol. The Bertz CT molecular complexity index is 1220. The molecule has 0 aliphatic carbocycles. The first-order valence-corrected chi connectivity index (χ1v) is 11.2. The molecule has 2 aromatic heterocycles. The molecule has 32 heavy (non-hydrogen) atoms. The molecule has 0 amide bonds. The van der Waals surface area contributed by atoms with Crippen molar-refractivity contribution in [2.75, 3.05) is 13.1 Å². The van der Waals surface area contributed by atoms with Gasteiger partial charge in [-0.1, -0.05) is 36.4 Å². The number of fused-ring (bicyclic) bond motifs is 1. The zero-order chi connectivity index (χ0) is 21.9. The van der Waals surface area contributed by atoms with E-state index < -0.39 is 5.97 Å². The minimum atomic E-state index is -0.867. The highest BCUT2D eigenvalue weighted by atomic mass is 16.4. The van der Waals surface area contributed by atoms with Gasteiger partial charge >= 0.3 is 5.97 Å². The Kier molecular flexibility index (Phi) is 5.73. The number of aromatic carboxylic acids is 1. The molecule has 1 aliphatic rings. The predicted molar refractivity (Wildman–Crippen MR) is 126 cm³/mol. The summed E-state index contributed by atoms with van der Waals surface area (Å²) in [7, 11) is 0. The van der Waals surface area contributed by atoms with E-state index in [0.29, 0.717) is 11.5 Å². The summed E-state index contributed by atoms with van der Waals surface area (Å²) in [6.45, 7) is 3.66. The van der Waals surface area contributed by atoms with Crippen LogP contribution in [0, 0.1) is 0 Å². The molecule has 2 aromatic carbocycles. The van der Waals surface area contributed by atoms with E-state index >= 15 is 0 Å². The molecule has 1 N–H and O–H groups in total. The molecule has 5 nitrogen and oxygen atoms in total. The van der Waals surface area contributed by atoms with Crippen LogP contribution in [0.2, 0.25) is 0 Å². The summed E-state index contributed by atoms with van der Waals surface area (Å²) >= 11 is 0. The molecule has 1 aliphatic heterocycles. The molecule has 1 fully saturated rings. The van der Waals surface area contributed by atoms with Crippen molar-refractivity contribution in [1.82, 2.24) is 14.5 Å².